The molecule has 158 valence electrons. The molecule has 3 rings (SSSR count). The normalized spacial score (nSPS) is 15.0. The molecule has 2 aromatic carbocycles. The van der Waals surface area contributed by atoms with Crippen molar-refractivity contribution in [2.75, 3.05) is 36.7 Å². The Bertz CT molecular complexity index is 950. The van der Waals surface area contributed by atoms with E-state index in [9.17, 15) is 14.0 Å². The fourth-order valence-electron chi connectivity index (χ4n) is 3.06. The summed E-state index contributed by atoms with van der Waals surface area (Å²) in [4.78, 5) is 32.8. The monoisotopic (exact) mass is 414 g/mol. The summed E-state index contributed by atoms with van der Waals surface area (Å²) in [6.07, 6.45) is -0.0441. The minimum Gasteiger partial charge on any atom is -0.364 e. The first kappa shape index (κ1) is 21.3. The van der Waals surface area contributed by atoms with E-state index in [1.807, 2.05) is 6.92 Å². The Morgan fingerprint density at radius 2 is 1.80 bits per heavy atom. The van der Waals surface area contributed by atoms with Crippen molar-refractivity contribution in [3.8, 4) is 0 Å². The van der Waals surface area contributed by atoms with Crippen LogP contribution in [0.1, 0.15) is 13.3 Å². The van der Waals surface area contributed by atoms with Crippen LogP contribution in [-0.4, -0.2) is 44.6 Å². The third-order valence-electron chi connectivity index (χ3n) is 4.42. The average molecular weight is 414 g/mol. The van der Waals surface area contributed by atoms with E-state index in [1.165, 1.54) is 18.1 Å². The zero-order chi connectivity index (χ0) is 21.5. The van der Waals surface area contributed by atoms with Gasteiger partial charge in [-0.05, 0) is 30.7 Å². The average Bonchev–Trinajstić information content (AvgIpc) is 2.87. The minimum atomic E-state index is -0.769. The molecule has 30 heavy (non-hydrogen) atoms. The number of benzene rings is 2. The Morgan fingerprint density at radius 3 is 2.47 bits per heavy atom. The van der Waals surface area contributed by atoms with E-state index < -0.39 is 17.8 Å². The Morgan fingerprint density at radius 1 is 1.13 bits per heavy atom. The summed E-state index contributed by atoms with van der Waals surface area (Å²) >= 11 is 0. The molecule has 0 unspecified atom stereocenters. The highest BCUT2D eigenvalue weighted by Crippen LogP contribution is 2.37. The van der Waals surface area contributed by atoms with Crippen molar-refractivity contribution in [3.05, 3.63) is 54.3 Å². The van der Waals surface area contributed by atoms with Crippen LogP contribution in [0.4, 0.5) is 26.2 Å². The molecule has 0 radical (unpaired) electrons. The maximum absolute atomic E-state index is 14.6. The molecule has 0 bridgehead atoms. The maximum Gasteiger partial charge on any atom is 0.433 e. The Balaban J connectivity index is 2.05. The van der Waals surface area contributed by atoms with Gasteiger partial charge in [0, 0.05) is 13.7 Å². The lowest BCUT2D eigenvalue weighted by Crippen LogP contribution is -2.39. The molecular weight excluding hydrogens is 391 g/mol. The van der Waals surface area contributed by atoms with E-state index in [4.69, 9.17) is 9.57 Å². The lowest BCUT2D eigenvalue weighted by molar-refractivity contribution is -0.113. The number of nitrogens with zero attached hydrogens (tertiary/aromatic N) is 3. The van der Waals surface area contributed by atoms with E-state index >= 15 is 0 Å². The Labute approximate surface area is 173 Å². The molecule has 1 aliphatic heterocycles. The smallest absolute Gasteiger partial charge is 0.364 e. The fraction of sp³-hybridized carbons (Fsp3) is 0.286. The molecule has 0 saturated heterocycles. The fourth-order valence-corrected chi connectivity index (χ4v) is 3.06. The lowest BCUT2D eigenvalue weighted by atomic mass is 10.2. The topological polar surface area (TPSA) is 83.5 Å². The van der Waals surface area contributed by atoms with Crippen LogP contribution in [0, 0.1) is 5.82 Å². The number of anilines is 3. The van der Waals surface area contributed by atoms with E-state index in [0.29, 0.717) is 17.9 Å². The van der Waals surface area contributed by atoms with Crippen LogP contribution in [0.15, 0.2) is 53.7 Å². The standard InChI is InChI=1S/C21H23FN4O4/c1-3-12-23-21(28)30-24-16-13-25(17-9-5-4-8-15(17)22)18-10-6-7-11-19(18)26(14-29-2)20(16)27/h4-11H,3,12-14H2,1-2H3,(H,23,28)/b24-16+. The Kier molecular flexibility index (Phi) is 6.97. The molecule has 0 saturated carbocycles. The van der Waals surface area contributed by atoms with Crippen LogP contribution in [0.2, 0.25) is 0 Å². The second kappa shape index (κ2) is 9.84. The number of fused-ring (bicyclic) bond motifs is 1. The molecule has 2 amide bonds. The molecule has 1 N–H and O–H groups in total. The molecule has 0 aliphatic carbocycles. The minimum absolute atomic E-state index is 0.0536. The number of carbonyl (C=O) groups excluding carboxylic acids is 2. The van der Waals surface area contributed by atoms with Gasteiger partial charge < -0.3 is 15.0 Å². The molecule has 8 nitrogen and oxygen atoms in total. The van der Waals surface area contributed by atoms with E-state index in [-0.39, 0.29) is 24.7 Å². The zero-order valence-electron chi connectivity index (χ0n) is 16.8. The van der Waals surface area contributed by atoms with Crippen molar-refractivity contribution >= 4 is 34.8 Å². The van der Waals surface area contributed by atoms with Crippen LogP contribution in [-0.2, 0) is 14.4 Å². The van der Waals surface area contributed by atoms with Gasteiger partial charge in [0.2, 0.25) is 0 Å². The Hall–Kier alpha value is -3.46. The van der Waals surface area contributed by atoms with Crippen LogP contribution in [0.25, 0.3) is 0 Å². The summed E-state index contributed by atoms with van der Waals surface area (Å²) in [5.74, 6) is -0.965. The predicted molar refractivity (Wildman–Crippen MR) is 111 cm³/mol. The summed E-state index contributed by atoms with van der Waals surface area (Å²) in [7, 11) is 1.46. The first-order chi connectivity index (χ1) is 14.6. The van der Waals surface area contributed by atoms with Gasteiger partial charge in [0.05, 0.1) is 23.6 Å². The number of hydrogen-bond donors (Lipinski definition) is 1. The first-order valence-corrected chi connectivity index (χ1v) is 9.50. The highest BCUT2D eigenvalue weighted by Gasteiger charge is 2.33. The van der Waals surface area contributed by atoms with E-state index in [0.717, 1.165) is 6.42 Å². The van der Waals surface area contributed by atoms with Crippen molar-refractivity contribution in [3.63, 3.8) is 0 Å². The van der Waals surface area contributed by atoms with Gasteiger partial charge in [-0.3, -0.25) is 14.5 Å². The van der Waals surface area contributed by atoms with Crippen LogP contribution >= 0.6 is 0 Å². The summed E-state index contributed by atoms with van der Waals surface area (Å²) in [6, 6.07) is 13.3. The molecule has 0 spiro atoms. The van der Waals surface area contributed by atoms with Gasteiger partial charge in [-0.15, -0.1) is 0 Å². The van der Waals surface area contributed by atoms with Crippen molar-refractivity contribution in [2.24, 2.45) is 5.16 Å². The van der Waals surface area contributed by atoms with Gasteiger partial charge in [-0.25, -0.2) is 9.18 Å². The van der Waals surface area contributed by atoms with Gasteiger partial charge in [0.1, 0.15) is 12.5 Å². The van der Waals surface area contributed by atoms with Gasteiger partial charge in [-0.2, -0.15) is 0 Å². The van der Waals surface area contributed by atoms with Crippen LogP contribution < -0.4 is 15.1 Å². The predicted octanol–water partition coefficient (Wildman–Crippen LogP) is 3.41. The highest BCUT2D eigenvalue weighted by molar-refractivity contribution is 6.46. The molecule has 1 heterocycles. The number of hydrogen-bond acceptors (Lipinski definition) is 6. The number of rotatable bonds is 6. The van der Waals surface area contributed by atoms with Crippen molar-refractivity contribution in [1.29, 1.82) is 0 Å². The number of nitrogens with one attached hydrogen (secondary N) is 1. The quantitative estimate of drug-likeness (QED) is 0.579. The van der Waals surface area contributed by atoms with Crippen LogP contribution in [0.3, 0.4) is 0 Å². The van der Waals surface area contributed by atoms with Gasteiger partial charge in [0.15, 0.2) is 5.71 Å². The summed E-state index contributed by atoms with van der Waals surface area (Å²) in [5.41, 5.74) is 1.31. The summed E-state index contributed by atoms with van der Waals surface area (Å²) < 4.78 is 19.8. The molecule has 0 atom stereocenters. The lowest BCUT2D eigenvalue weighted by Gasteiger charge is -2.26. The number of amides is 2. The maximum atomic E-state index is 14.6. The third-order valence-corrected chi connectivity index (χ3v) is 4.42. The second-order valence-corrected chi connectivity index (χ2v) is 6.52. The SMILES string of the molecule is CCCNC(=O)O/N=C1\CN(c2ccccc2F)c2ccccc2N(COC)C1=O. The van der Waals surface area contributed by atoms with Crippen molar-refractivity contribution in [2.45, 2.75) is 13.3 Å². The third kappa shape index (κ3) is 4.57. The largest absolute Gasteiger partial charge is 0.433 e. The van der Waals surface area contributed by atoms with E-state index in [2.05, 4.69) is 10.5 Å². The highest BCUT2D eigenvalue weighted by atomic mass is 19.1. The molecule has 0 aromatic heterocycles. The first-order valence-electron chi connectivity index (χ1n) is 9.50. The van der Waals surface area contributed by atoms with Gasteiger partial charge in [-0.1, -0.05) is 36.3 Å². The van der Waals surface area contributed by atoms with Gasteiger partial charge in [0.25, 0.3) is 5.91 Å². The molecule has 9 heteroatoms. The number of para-hydroxylation sites is 3. The number of carbonyl (C=O) groups is 2. The molecule has 0 fully saturated rings. The summed E-state index contributed by atoms with van der Waals surface area (Å²) in [5, 5.41) is 6.31. The zero-order valence-corrected chi connectivity index (χ0v) is 16.8. The van der Waals surface area contributed by atoms with E-state index in [1.54, 1.807) is 47.4 Å². The molecule has 1 aliphatic rings. The molecule has 2 aromatic rings. The number of methoxy groups -OCH3 is 1. The van der Waals surface area contributed by atoms with Crippen molar-refractivity contribution < 1.29 is 23.6 Å². The van der Waals surface area contributed by atoms with Crippen molar-refractivity contribution in [1.82, 2.24) is 5.32 Å². The second-order valence-electron chi connectivity index (χ2n) is 6.52. The van der Waals surface area contributed by atoms with Gasteiger partial charge >= 0.3 is 6.09 Å². The number of oxime groups is 1. The number of halogens is 1. The summed E-state index contributed by atoms with van der Waals surface area (Å²) in [6.45, 7) is 2.16. The van der Waals surface area contributed by atoms with Crippen LogP contribution in [0.5, 0.6) is 0 Å². The molecular formula is C21H23FN4O4. The number of ether oxygens (including phenoxy) is 1.